The van der Waals surface area contributed by atoms with E-state index < -0.39 is 0 Å². The van der Waals surface area contributed by atoms with Crippen LogP contribution in [-0.2, 0) is 11.3 Å². The van der Waals surface area contributed by atoms with Crippen LogP contribution in [0.25, 0.3) is 6.08 Å². The Hall–Kier alpha value is -3.41. The summed E-state index contributed by atoms with van der Waals surface area (Å²) in [6.45, 7) is 1.07. The highest BCUT2D eigenvalue weighted by Crippen LogP contribution is 2.17. The van der Waals surface area contributed by atoms with E-state index in [0.717, 1.165) is 5.56 Å². The minimum Gasteiger partial charge on any atom is -0.492 e. The summed E-state index contributed by atoms with van der Waals surface area (Å²) in [5.74, 6) is 0.494. The molecule has 0 spiro atoms. The highest BCUT2D eigenvalue weighted by Gasteiger charge is 2.01. The lowest BCUT2D eigenvalue weighted by Gasteiger charge is -2.08. The van der Waals surface area contributed by atoms with Crippen molar-refractivity contribution in [1.82, 2.24) is 14.8 Å². The summed E-state index contributed by atoms with van der Waals surface area (Å²) in [5.41, 5.74) is 1.66. The van der Waals surface area contributed by atoms with Gasteiger partial charge in [0, 0.05) is 17.8 Å². The molecule has 2 aromatic carbocycles. The number of amides is 1. The molecule has 3 aromatic rings. The zero-order valence-electron chi connectivity index (χ0n) is 13.6. The highest BCUT2D eigenvalue weighted by atomic mass is 16.5. The Bertz CT molecular complexity index is 830. The van der Waals surface area contributed by atoms with Gasteiger partial charge in [0.15, 0.2) is 0 Å². The van der Waals surface area contributed by atoms with Gasteiger partial charge < -0.3 is 10.1 Å². The van der Waals surface area contributed by atoms with Crippen LogP contribution in [0.3, 0.4) is 0 Å². The zero-order valence-corrected chi connectivity index (χ0v) is 13.6. The van der Waals surface area contributed by atoms with E-state index in [2.05, 4.69) is 15.4 Å². The van der Waals surface area contributed by atoms with E-state index in [9.17, 15) is 4.79 Å². The van der Waals surface area contributed by atoms with Gasteiger partial charge in [-0.3, -0.25) is 4.79 Å². The largest absolute Gasteiger partial charge is 0.492 e. The van der Waals surface area contributed by atoms with Crippen molar-refractivity contribution in [2.45, 2.75) is 6.54 Å². The monoisotopic (exact) mass is 334 g/mol. The van der Waals surface area contributed by atoms with Crippen LogP contribution >= 0.6 is 0 Å². The van der Waals surface area contributed by atoms with Crippen molar-refractivity contribution in [3.63, 3.8) is 0 Å². The van der Waals surface area contributed by atoms with Crippen molar-refractivity contribution in [3.8, 4) is 5.75 Å². The van der Waals surface area contributed by atoms with E-state index in [-0.39, 0.29) is 5.91 Å². The van der Waals surface area contributed by atoms with Crippen LogP contribution in [0.4, 0.5) is 5.69 Å². The summed E-state index contributed by atoms with van der Waals surface area (Å²) in [6, 6.07) is 17.0. The average Bonchev–Trinajstić information content (AvgIpc) is 3.15. The third-order valence-electron chi connectivity index (χ3n) is 3.38. The first-order chi connectivity index (χ1) is 12.3. The van der Waals surface area contributed by atoms with Crippen molar-refractivity contribution < 1.29 is 9.53 Å². The third kappa shape index (κ3) is 5.31. The Morgan fingerprint density at radius 2 is 2.04 bits per heavy atom. The van der Waals surface area contributed by atoms with E-state index in [1.165, 1.54) is 12.4 Å². The number of hydrogen-bond donors (Lipinski definition) is 1. The lowest BCUT2D eigenvalue weighted by molar-refractivity contribution is -0.111. The summed E-state index contributed by atoms with van der Waals surface area (Å²) in [4.78, 5) is 15.9. The molecule has 1 amide bonds. The molecule has 0 aliphatic rings. The molecule has 0 aliphatic carbocycles. The summed E-state index contributed by atoms with van der Waals surface area (Å²) in [5, 5.41) is 6.83. The van der Waals surface area contributed by atoms with E-state index in [1.807, 2.05) is 48.5 Å². The summed E-state index contributed by atoms with van der Waals surface area (Å²) in [7, 11) is 0. The van der Waals surface area contributed by atoms with E-state index in [4.69, 9.17) is 4.74 Å². The topological polar surface area (TPSA) is 69.0 Å². The van der Waals surface area contributed by atoms with Gasteiger partial charge in [-0.15, -0.1) is 0 Å². The fourth-order valence-electron chi connectivity index (χ4n) is 2.19. The number of carbonyl (C=O) groups is 1. The molecule has 1 heterocycles. The Balaban J connectivity index is 1.52. The van der Waals surface area contributed by atoms with Crippen molar-refractivity contribution >= 4 is 17.7 Å². The molecule has 0 radical (unpaired) electrons. The van der Waals surface area contributed by atoms with Gasteiger partial charge in [0.1, 0.15) is 25.0 Å². The molecule has 0 atom stereocenters. The van der Waals surface area contributed by atoms with E-state index in [0.29, 0.717) is 24.6 Å². The quantitative estimate of drug-likeness (QED) is 0.674. The second kappa shape index (κ2) is 8.44. The third-order valence-corrected chi connectivity index (χ3v) is 3.38. The predicted octanol–water partition coefficient (Wildman–Crippen LogP) is 3.01. The summed E-state index contributed by atoms with van der Waals surface area (Å²) < 4.78 is 7.37. The molecule has 0 saturated carbocycles. The SMILES string of the molecule is O=C(/C=C\c1ccccc1)Nc1cccc(OCCn2cncn2)c1. The van der Waals surface area contributed by atoms with Crippen LogP contribution in [0.15, 0.2) is 73.3 Å². The number of aromatic nitrogens is 3. The molecule has 25 heavy (non-hydrogen) atoms. The molecular weight excluding hydrogens is 316 g/mol. The van der Waals surface area contributed by atoms with Crippen LogP contribution in [-0.4, -0.2) is 27.3 Å². The fourth-order valence-corrected chi connectivity index (χ4v) is 2.19. The van der Waals surface area contributed by atoms with Crippen LogP contribution in [0.5, 0.6) is 5.75 Å². The van der Waals surface area contributed by atoms with Gasteiger partial charge in [-0.1, -0.05) is 36.4 Å². The minimum atomic E-state index is -0.191. The lowest BCUT2D eigenvalue weighted by Crippen LogP contribution is -2.10. The molecular formula is C19H18N4O2. The normalized spacial score (nSPS) is 10.7. The standard InChI is InChI=1S/C19H18N4O2/c24-19(10-9-16-5-2-1-3-6-16)22-17-7-4-8-18(13-17)25-12-11-23-15-20-14-21-23/h1-10,13-15H,11-12H2,(H,22,24)/b10-9-. The van der Waals surface area contributed by atoms with E-state index in [1.54, 1.807) is 23.2 Å². The van der Waals surface area contributed by atoms with Crippen molar-refractivity contribution in [2.24, 2.45) is 0 Å². The van der Waals surface area contributed by atoms with Gasteiger partial charge >= 0.3 is 0 Å². The number of nitrogens with one attached hydrogen (secondary N) is 1. The van der Waals surface area contributed by atoms with Crippen LogP contribution < -0.4 is 10.1 Å². The first-order valence-electron chi connectivity index (χ1n) is 7.89. The Morgan fingerprint density at radius 1 is 1.16 bits per heavy atom. The zero-order chi connectivity index (χ0) is 17.3. The molecule has 0 unspecified atom stereocenters. The molecule has 6 heteroatoms. The maximum Gasteiger partial charge on any atom is 0.248 e. The van der Waals surface area contributed by atoms with E-state index >= 15 is 0 Å². The fraction of sp³-hybridized carbons (Fsp3) is 0.105. The first kappa shape index (κ1) is 16.4. The minimum absolute atomic E-state index is 0.191. The number of nitrogens with zero attached hydrogens (tertiary/aromatic N) is 3. The number of hydrogen-bond acceptors (Lipinski definition) is 4. The van der Waals surface area contributed by atoms with Crippen LogP contribution in [0.1, 0.15) is 5.56 Å². The molecule has 3 rings (SSSR count). The number of carbonyl (C=O) groups excluding carboxylic acids is 1. The van der Waals surface area contributed by atoms with Crippen molar-refractivity contribution in [1.29, 1.82) is 0 Å². The molecule has 0 bridgehead atoms. The maximum atomic E-state index is 12.0. The second-order valence-corrected chi connectivity index (χ2v) is 5.27. The van der Waals surface area contributed by atoms with Gasteiger partial charge in [0.25, 0.3) is 0 Å². The highest BCUT2D eigenvalue weighted by molar-refractivity contribution is 6.02. The Kier molecular flexibility index (Phi) is 5.56. The Labute approximate surface area is 145 Å². The lowest BCUT2D eigenvalue weighted by atomic mass is 10.2. The predicted molar refractivity (Wildman–Crippen MR) is 96.1 cm³/mol. The van der Waals surface area contributed by atoms with Crippen LogP contribution in [0.2, 0.25) is 0 Å². The van der Waals surface area contributed by atoms with Gasteiger partial charge in [-0.25, -0.2) is 9.67 Å². The van der Waals surface area contributed by atoms with Gasteiger partial charge in [0.05, 0.1) is 6.54 Å². The molecule has 6 nitrogen and oxygen atoms in total. The number of anilines is 1. The van der Waals surface area contributed by atoms with Crippen LogP contribution in [0, 0.1) is 0 Å². The Morgan fingerprint density at radius 3 is 2.84 bits per heavy atom. The van der Waals surface area contributed by atoms with Crippen molar-refractivity contribution in [3.05, 3.63) is 78.9 Å². The van der Waals surface area contributed by atoms with Gasteiger partial charge in [-0.05, 0) is 23.8 Å². The molecule has 1 N–H and O–H groups in total. The molecule has 1 aromatic heterocycles. The summed E-state index contributed by atoms with van der Waals surface area (Å²) in [6.07, 6.45) is 6.40. The smallest absolute Gasteiger partial charge is 0.248 e. The second-order valence-electron chi connectivity index (χ2n) is 5.27. The average molecular weight is 334 g/mol. The van der Waals surface area contributed by atoms with Gasteiger partial charge in [-0.2, -0.15) is 5.10 Å². The molecule has 126 valence electrons. The van der Waals surface area contributed by atoms with Crippen molar-refractivity contribution in [2.75, 3.05) is 11.9 Å². The van der Waals surface area contributed by atoms with Gasteiger partial charge in [0.2, 0.25) is 5.91 Å². The number of benzene rings is 2. The summed E-state index contributed by atoms with van der Waals surface area (Å²) >= 11 is 0. The first-order valence-corrected chi connectivity index (χ1v) is 7.89. The number of ether oxygens (including phenoxy) is 1. The number of rotatable bonds is 7. The maximum absolute atomic E-state index is 12.0. The molecule has 0 aliphatic heterocycles. The molecule has 0 saturated heterocycles. The molecule has 0 fully saturated rings.